The summed E-state index contributed by atoms with van der Waals surface area (Å²) in [5, 5.41) is 20.3. The highest BCUT2D eigenvalue weighted by Gasteiger charge is 2.22. The van der Waals surface area contributed by atoms with Crippen molar-refractivity contribution in [3.05, 3.63) is 71.8 Å². The van der Waals surface area contributed by atoms with Crippen LogP contribution in [-0.4, -0.2) is 79.8 Å². The van der Waals surface area contributed by atoms with Crippen molar-refractivity contribution in [3.63, 3.8) is 0 Å². The Hall–Kier alpha value is -4.98. The van der Waals surface area contributed by atoms with Crippen LogP contribution in [0.3, 0.4) is 0 Å². The first-order chi connectivity index (χ1) is 19.2. The minimum absolute atomic E-state index is 0.0295. The number of carboxylic acid groups (broad SMARTS) is 1. The van der Waals surface area contributed by atoms with E-state index in [2.05, 4.69) is 26.6 Å². The van der Waals surface area contributed by atoms with Crippen LogP contribution in [0.5, 0.6) is 0 Å². The molecule has 1 atom stereocenters. The van der Waals surface area contributed by atoms with Gasteiger partial charge in [-0.2, -0.15) is 0 Å². The maximum Gasteiger partial charge on any atom is 0.407 e. The Kier molecular flexibility index (Phi) is 13.7. The molecule has 6 N–H and O–H groups in total. The number of benzene rings is 2. The maximum atomic E-state index is 12.7. The fraction of sp³-hybridized carbons (Fsp3) is 0.308. The predicted octanol–water partition coefficient (Wildman–Crippen LogP) is -0.952. The van der Waals surface area contributed by atoms with Gasteiger partial charge in [-0.15, -0.1) is 0 Å². The molecule has 40 heavy (non-hydrogen) atoms. The number of amides is 5. The van der Waals surface area contributed by atoms with Crippen LogP contribution in [-0.2, 0) is 46.5 Å². The van der Waals surface area contributed by atoms with E-state index in [-0.39, 0.29) is 19.8 Å². The van der Waals surface area contributed by atoms with Gasteiger partial charge in [0.25, 0.3) is 0 Å². The van der Waals surface area contributed by atoms with Crippen LogP contribution in [0.25, 0.3) is 0 Å². The summed E-state index contributed by atoms with van der Waals surface area (Å²) in [7, 11) is 0. The zero-order valence-corrected chi connectivity index (χ0v) is 21.5. The van der Waals surface area contributed by atoms with Crippen LogP contribution in [0, 0.1) is 0 Å². The Morgan fingerprint density at radius 2 is 1.27 bits per heavy atom. The predicted molar refractivity (Wildman–Crippen MR) is 139 cm³/mol. The SMILES string of the molecule is O=C(O)COCNC(=O)CNC(=O)C(Cc1ccccc1)NC(=O)CNC(=O)CNC(=O)OCc1ccccc1. The summed E-state index contributed by atoms with van der Waals surface area (Å²) in [5.74, 6) is -3.82. The number of aliphatic carboxylic acids is 1. The van der Waals surface area contributed by atoms with E-state index in [0.717, 1.165) is 11.1 Å². The van der Waals surface area contributed by atoms with E-state index in [0.29, 0.717) is 0 Å². The van der Waals surface area contributed by atoms with Gasteiger partial charge in [0.1, 0.15) is 32.5 Å². The molecule has 0 radical (unpaired) electrons. The Morgan fingerprint density at radius 3 is 1.93 bits per heavy atom. The zero-order chi connectivity index (χ0) is 29.2. The van der Waals surface area contributed by atoms with Gasteiger partial charge in [-0.1, -0.05) is 60.7 Å². The average molecular weight is 558 g/mol. The molecular weight excluding hydrogens is 526 g/mol. The van der Waals surface area contributed by atoms with Crippen LogP contribution in [0.1, 0.15) is 11.1 Å². The quantitative estimate of drug-likeness (QED) is 0.111. The lowest BCUT2D eigenvalue weighted by Gasteiger charge is -2.19. The average Bonchev–Trinajstić information content (AvgIpc) is 2.95. The first kappa shape index (κ1) is 31.2. The van der Waals surface area contributed by atoms with Crippen LogP contribution in [0.4, 0.5) is 4.79 Å². The third-order valence-corrected chi connectivity index (χ3v) is 5.01. The molecule has 14 nitrogen and oxygen atoms in total. The van der Waals surface area contributed by atoms with Crippen LogP contribution in [0.15, 0.2) is 60.7 Å². The number of carboxylic acids is 1. The van der Waals surface area contributed by atoms with Crippen molar-refractivity contribution < 1.29 is 43.3 Å². The Morgan fingerprint density at radius 1 is 0.700 bits per heavy atom. The van der Waals surface area contributed by atoms with E-state index in [1.54, 1.807) is 54.6 Å². The van der Waals surface area contributed by atoms with Gasteiger partial charge in [-0.05, 0) is 11.1 Å². The van der Waals surface area contributed by atoms with E-state index in [1.165, 1.54) is 0 Å². The Bertz CT molecular complexity index is 1150. The third-order valence-electron chi connectivity index (χ3n) is 5.01. The fourth-order valence-corrected chi connectivity index (χ4v) is 3.10. The minimum Gasteiger partial charge on any atom is -0.480 e. The lowest BCUT2D eigenvalue weighted by atomic mass is 10.1. The van der Waals surface area contributed by atoms with E-state index < -0.39 is 68.0 Å². The second-order valence-electron chi connectivity index (χ2n) is 8.21. The largest absolute Gasteiger partial charge is 0.480 e. The molecule has 0 aromatic heterocycles. The van der Waals surface area contributed by atoms with E-state index in [4.69, 9.17) is 14.6 Å². The number of nitrogens with one attached hydrogen (secondary N) is 5. The van der Waals surface area contributed by atoms with Gasteiger partial charge in [-0.3, -0.25) is 19.2 Å². The molecule has 0 aliphatic heterocycles. The molecule has 14 heteroatoms. The van der Waals surface area contributed by atoms with Crippen molar-refractivity contribution in [2.45, 2.75) is 19.1 Å². The van der Waals surface area contributed by atoms with Gasteiger partial charge in [-0.25, -0.2) is 9.59 Å². The number of rotatable bonds is 16. The number of carbonyl (C=O) groups excluding carboxylic acids is 5. The molecule has 0 bridgehead atoms. The van der Waals surface area contributed by atoms with E-state index >= 15 is 0 Å². The second-order valence-corrected chi connectivity index (χ2v) is 8.21. The van der Waals surface area contributed by atoms with Crippen molar-refractivity contribution >= 4 is 35.7 Å². The summed E-state index contributed by atoms with van der Waals surface area (Å²) in [6.45, 7) is -2.27. The summed E-state index contributed by atoms with van der Waals surface area (Å²) >= 11 is 0. The molecule has 2 rings (SSSR count). The third kappa shape index (κ3) is 13.5. The van der Waals surface area contributed by atoms with Crippen molar-refractivity contribution in [2.75, 3.05) is 33.0 Å². The van der Waals surface area contributed by atoms with Gasteiger partial charge in [0.2, 0.25) is 23.6 Å². The van der Waals surface area contributed by atoms with Gasteiger partial charge in [0, 0.05) is 6.42 Å². The lowest BCUT2D eigenvalue weighted by molar-refractivity contribution is -0.143. The Labute approximate surface area is 229 Å². The minimum atomic E-state index is -1.20. The lowest BCUT2D eigenvalue weighted by Crippen LogP contribution is -2.52. The number of hydrogen-bond donors (Lipinski definition) is 6. The topological polar surface area (TPSA) is 201 Å². The second kappa shape index (κ2) is 17.5. The first-order valence-electron chi connectivity index (χ1n) is 12.1. The molecule has 2 aromatic rings. The number of hydrogen-bond acceptors (Lipinski definition) is 8. The maximum absolute atomic E-state index is 12.7. The highest BCUT2D eigenvalue weighted by molar-refractivity contribution is 5.92. The molecule has 0 fully saturated rings. The standard InChI is InChI=1S/C26H31N5O9/c32-21(13-29-26(38)40-15-19-9-5-2-6-10-19)27-14-23(34)31-20(11-18-7-3-1-4-8-18)25(37)28-12-22(33)30-17-39-16-24(35)36/h1-10,20H,11-17H2,(H,27,32)(H,28,37)(H,29,38)(H,30,33)(H,31,34)(H,35,36). The highest BCUT2D eigenvalue weighted by atomic mass is 16.5. The highest BCUT2D eigenvalue weighted by Crippen LogP contribution is 2.04. The summed E-state index contributed by atoms with van der Waals surface area (Å²) in [6, 6.07) is 16.7. The van der Waals surface area contributed by atoms with Crippen molar-refractivity contribution in [3.8, 4) is 0 Å². The molecular formula is C26H31N5O9. The van der Waals surface area contributed by atoms with Gasteiger partial charge in [0.05, 0.1) is 13.1 Å². The van der Waals surface area contributed by atoms with Gasteiger partial charge >= 0.3 is 12.1 Å². The summed E-state index contributed by atoms with van der Waals surface area (Å²) in [6.07, 6.45) is -0.703. The van der Waals surface area contributed by atoms with E-state index in [1.807, 2.05) is 6.07 Å². The van der Waals surface area contributed by atoms with Crippen molar-refractivity contribution in [1.29, 1.82) is 0 Å². The normalized spacial score (nSPS) is 10.9. The van der Waals surface area contributed by atoms with Gasteiger partial charge < -0.3 is 41.2 Å². The molecule has 0 spiro atoms. The van der Waals surface area contributed by atoms with E-state index in [9.17, 15) is 28.8 Å². The molecule has 0 saturated carbocycles. The number of alkyl carbamates (subject to hydrolysis) is 1. The van der Waals surface area contributed by atoms with Crippen molar-refractivity contribution in [1.82, 2.24) is 26.6 Å². The van der Waals surface area contributed by atoms with Crippen LogP contribution < -0.4 is 26.6 Å². The van der Waals surface area contributed by atoms with Crippen LogP contribution >= 0.6 is 0 Å². The molecule has 0 aliphatic carbocycles. The summed E-state index contributed by atoms with van der Waals surface area (Å²) < 4.78 is 9.70. The molecule has 5 amide bonds. The first-order valence-corrected chi connectivity index (χ1v) is 12.1. The molecule has 2 aromatic carbocycles. The number of ether oxygens (including phenoxy) is 2. The summed E-state index contributed by atoms with van der Waals surface area (Å²) in [4.78, 5) is 71.3. The Balaban J connectivity index is 1.77. The number of carbonyl (C=O) groups is 6. The molecule has 0 aliphatic rings. The molecule has 0 saturated heterocycles. The monoisotopic (exact) mass is 557 g/mol. The van der Waals surface area contributed by atoms with Crippen LogP contribution in [0.2, 0.25) is 0 Å². The molecule has 0 heterocycles. The molecule has 214 valence electrons. The van der Waals surface area contributed by atoms with Crippen molar-refractivity contribution in [2.24, 2.45) is 0 Å². The fourth-order valence-electron chi connectivity index (χ4n) is 3.10. The van der Waals surface area contributed by atoms with Gasteiger partial charge in [0.15, 0.2) is 0 Å². The smallest absolute Gasteiger partial charge is 0.407 e. The summed E-state index contributed by atoms with van der Waals surface area (Å²) in [5.41, 5.74) is 1.51. The zero-order valence-electron chi connectivity index (χ0n) is 21.5. The molecule has 1 unspecified atom stereocenters.